The third-order valence-corrected chi connectivity index (χ3v) is 9.64. The number of carbonyl (C=O) groups excluding carboxylic acids is 3. The number of aromatic hydroxyl groups is 1. The zero-order valence-electron chi connectivity index (χ0n) is 25.0. The van der Waals surface area contributed by atoms with Gasteiger partial charge in [-0.05, 0) is 91.2 Å². The first-order valence-corrected chi connectivity index (χ1v) is 15.6. The van der Waals surface area contributed by atoms with Crippen molar-refractivity contribution in [2.24, 2.45) is 23.7 Å². The molecule has 2 aromatic carbocycles. The third-order valence-electron chi connectivity index (χ3n) is 9.64. The molecule has 1 aliphatic heterocycles. The predicted molar refractivity (Wildman–Crippen MR) is 162 cm³/mol. The van der Waals surface area contributed by atoms with Crippen molar-refractivity contribution in [2.75, 3.05) is 39.8 Å². The molecule has 3 fully saturated rings. The number of hydrogen-bond acceptors (Lipinski definition) is 6. The highest BCUT2D eigenvalue weighted by molar-refractivity contribution is 5.91. The summed E-state index contributed by atoms with van der Waals surface area (Å²) in [5, 5.41) is 13.4. The van der Waals surface area contributed by atoms with Crippen molar-refractivity contribution < 1.29 is 24.2 Å². The molecule has 2 atom stereocenters. The van der Waals surface area contributed by atoms with Gasteiger partial charge in [0.2, 0.25) is 11.8 Å². The number of amides is 2. The number of phenols is 1. The van der Waals surface area contributed by atoms with Crippen molar-refractivity contribution >= 4 is 17.8 Å². The Morgan fingerprint density at radius 3 is 2.29 bits per heavy atom. The molecule has 226 valence electrons. The molecule has 42 heavy (non-hydrogen) atoms. The molecule has 2 amide bonds. The van der Waals surface area contributed by atoms with Gasteiger partial charge in [0.25, 0.3) is 0 Å². The normalized spacial score (nSPS) is 24.2. The SMILES string of the molecule is CCC1CC2CC(CC(=O)NCC(=O)N3CCN(Cc4cc(-c5cccc(C(=O)OC)c5)ccc4O)CC3)CC(C1)C2. The first-order chi connectivity index (χ1) is 20.3. The summed E-state index contributed by atoms with van der Waals surface area (Å²) < 4.78 is 4.84. The first kappa shape index (κ1) is 30.1. The molecule has 2 bridgehead atoms. The minimum Gasteiger partial charge on any atom is -0.508 e. The second kappa shape index (κ2) is 13.7. The van der Waals surface area contributed by atoms with Crippen molar-refractivity contribution in [1.29, 1.82) is 0 Å². The molecule has 0 spiro atoms. The topological polar surface area (TPSA) is 99.2 Å². The van der Waals surface area contributed by atoms with E-state index in [1.165, 1.54) is 32.8 Å². The average molecular weight is 576 g/mol. The van der Waals surface area contributed by atoms with Crippen LogP contribution in [-0.2, 0) is 20.9 Å². The maximum absolute atomic E-state index is 12.9. The van der Waals surface area contributed by atoms with Crippen LogP contribution in [0.4, 0.5) is 0 Å². The Bertz CT molecular complexity index is 1260. The Morgan fingerprint density at radius 1 is 0.905 bits per heavy atom. The van der Waals surface area contributed by atoms with Crippen LogP contribution in [0.25, 0.3) is 11.1 Å². The van der Waals surface area contributed by atoms with Gasteiger partial charge in [-0.15, -0.1) is 0 Å². The van der Waals surface area contributed by atoms with Gasteiger partial charge < -0.3 is 20.1 Å². The Hall–Kier alpha value is -3.39. The van der Waals surface area contributed by atoms with E-state index < -0.39 is 0 Å². The number of hydrogen-bond donors (Lipinski definition) is 2. The summed E-state index contributed by atoms with van der Waals surface area (Å²) in [5.41, 5.74) is 3.04. The largest absolute Gasteiger partial charge is 0.508 e. The number of ether oxygens (including phenoxy) is 1. The monoisotopic (exact) mass is 575 g/mol. The van der Waals surface area contributed by atoms with E-state index >= 15 is 0 Å². The van der Waals surface area contributed by atoms with Crippen LogP contribution in [-0.4, -0.2) is 72.5 Å². The quantitative estimate of drug-likeness (QED) is 0.415. The Labute approximate surface area is 249 Å². The molecule has 3 aliphatic rings. The second-order valence-electron chi connectivity index (χ2n) is 12.6. The summed E-state index contributed by atoms with van der Waals surface area (Å²) in [6, 6.07) is 12.7. The van der Waals surface area contributed by atoms with E-state index in [2.05, 4.69) is 17.1 Å². The number of benzene rings is 2. The average Bonchev–Trinajstić information content (AvgIpc) is 3.00. The number of carbonyl (C=O) groups is 3. The van der Waals surface area contributed by atoms with Gasteiger partial charge >= 0.3 is 5.97 Å². The number of phenolic OH excluding ortho intramolecular Hbond substituents is 1. The maximum Gasteiger partial charge on any atom is 0.337 e. The molecular formula is C34H45N3O5. The maximum atomic E-state index is 12.9. The zero-order valence-corrected chi connectivity index (χ0v) is 25.0. The van der Waals surface area contributed by atoms with Crippen LogP contribution in [0.1, 0.15) is 67.8 Å². The van der Waals surface area contributed by atoms with Crippen LogP contribution in [0, 0.1) is 23.7 Å². The number of piperazine rings is 1. The molecule has 1 heterocycles. The lowest BCUT2D eigenvalue weighted by atomic mass is 9.63. The number of fused-ring (bicyclic) bond motifs is 2. The van der Waals surface area contributed by atoms with Crippen molar-refractivity contribution in [3.8, 4) is 16.9 Å². The van der Waals surface area contributed by atoms with Crippen LogP contribution in [0.15, 0.2) is 42.5 Å². The van der Waals surface area contributed by atoms with Crippen molar-refractivity contribution in [3.63, 3.8) is 0 Å². The van der Waals surface area contributed by atoms with Crippen LogP contribution >= 0.6 is 0 Å². The molecule has 2 aromatic rings. The standard InChI is InChI=1S/C34H45N3O5/c1-3-23-13-24-15-25(14-23)17-26(16-24)18-32(39)35-21-33(40)37-11-9-36(10-12-37)22-30-20-28(7-8-31(30)38)27-5-4-6-29(19-27)34(41)42-2/h4-8,19-20,23-26,38H,3,9-18,21-22H2,1-2H3,(H,35,39). The number of esters is 1. The van der Waals surface area contributed by atoms with Gasteiger partial charge in [0, 0.05) is 44.7 Å². The van der Waals surface area contributed by atoms with Gasteiger partial charge in [0.15, 0.2) is 0 Å². The van der Waals surface area contributed by atoms with Crippen LogP contribution in [0.3, 0.4) is 0 Å². The lowest BCUT2D eigenvalue weighted by Crippen LogP contribution is -2.51. The van der Waals surface area contributed by atoms with Crippen LogP contribution in [0.5, 0.6) is 5.75 Å². The predicted octanol–water partition coefficient (Wildman–Crippen LogP) is 4.85. The number of nitrogens with zero attached hydrogens (tertiary/aromatic N) is 2. The van der Waals surface area contributed by atoms with E-state index in [0.717, 1.165) is 47.3 Å². The van der Waals surface area contributed by atoms with E-state index in [4.69, 9.17) is 4.74 Å². The lowest BCUT2D eigenvalue weighted by Gasteiger charge is -2.42. The highest BCUT2D eigenvalue weighted by Crippen LogP contribution is 2.46. The van der Waals surface area contributed by atoms with Gasteiger partial charge in [0.05, 0.1) is 19.2 Å². The van der Waals surface area contributed by atoms with Gasteiger partial charge in [-0.2, -0.15) is 0 Å². The molecule has 2 N–H and O–H groups in total. The van der Waals surface area contributed by atoms with E-state index in [-0.39, 0.29) is 30.1 Å². The minimum atomic E-state index is -0.390. The highest BCUT2D eigenvalue weighted by Gasteiger charge is 2.36. The molecular weight excluding hydrogens is 530 g/mol. The molecule has 5 rings (SSSR count). The fourth-order valence-corrected chi connectivity index (χ4v) is 7.48. The van der Waals surface area contributed by atoms with Crippen LogP contribution in [0.2, 0.25) is 0 Å². The first-order valence-electron chi connectivity index (χ1n) is 15.6. The van der Waals surface area contributed by atoms with E-state index in [0.29, 0.717) is 50.6 Å². The summed E-state index contributed by atoms with van der Waals surface area (Å²) in [7, 11) is 1.36. The number of nitrogens with one attached hydrogen (secondary N) is 1. The molecule has 8 heteroatoms. The summed E-state index contributed by atoms with van der Waals surface area (Å²) in [6.45, 7) is 5.45. The molecule has 0 aromatic heterocycles. The van der Waals surface area contributed by atoms with Crippen LogP contribution < -0.4 is 5.32 Å². The fourth-order valence-electron chi connectivity index (χ4n) is 7.48. The molecule has 1 saturated heterocycles. The van der Waals surface area contributed by atoms with Gasteiger partial charge in [-0.25, -0.2) is 4.79 Å². The molecule has 8 nitrogen and oxygen atoms in total. The molecule has 0 radical (unpaired) electrons. The van der Waals surface area contributed by atoms with E-state index in [1.54, 1.807) is 18.2 Å². The van der Waals surface area contributed by atoms with Gasteiger partial charge in [-0.1, -0.05) is 31.5 Å². The molecule has 2 aliphatic carbocycles. The summed E-state index contributed by atoms with van der Waals surface area (Å²) in [6.07, 6.45) is 8.13. The van der Waals surface area contributed by atoms with Gasteiger partial charge in [-0.3, -0.25) is 14.5 Å². The minimum absolute atomic E-state index is 0.00600. The van der Waals surface area contributed by atoms with Crippen molar-refractivity contribution in [1.82, 2.24) is 15.1 Å². The van der Waals surface area contributed by atoms with Crippen molar-refractivity contribution in [2.45, 2.75) is 58.4 Å². The van der Waals surface area contributed by atoms with E-state index in [9.17, 15) is 19.5 Å². The zero-order chi connectivity index (χ0) is 29.6. The van der Waals surface area contributed by atoms with Gasteiger partial charge in [0.1, 0.15) is 5.75 Å². The second-order valence-corrected chi connectivity index (χ2v) is 12.6. The van der Waals surface area contributed by atoms with Crippen molar-refractivity contribution in [3.05, 3.63) is 53.6 Å². The summed E-state index contributed by atoms with van der Waals surface area (Å²) in [4.78, 5) is 41.5. The Kier molecular flexibility index (Phi) is 9.83. The lowest BCUT2D eigenvalue weighted by molar-refractivity contribution is -0.134. The summed E-state index contributed by atoms with van der Waals surface area (Å²) >= 11 is 0. The molecule has 2 unspecified atom stereocenters. The molecule has 2 saturated carbocycles. The highest BCUT2D eigenvalue weighted by atomic mass is 16.5. The third kappa shape index (κ3) is 7.51. The Morgan fingerprint density at radius 2 is 1.60 bits per heavy atom. The summed E-state index contributed by atoms with van der Waals surface area (Å²) in [5.74, 6) is 2.68. The Balaban J connectivity index is 1.07. The number of methoxy groups -OCH3 is 1. The smallest absolute Gasteiger partial charge is 0.337 e. The number of rotatable bonds is 9. The van der Waals surface area contributed by atoms with E-state index in [1.807, 2.05) is 29.2 Å². The fraction of sp³-hybridized carbons (Fsp3) is 0.559.